The van der Waals surface area contributed by atoms with Gasteiger partial charge in [0.2, 0.25) is 10.0 Å². The molecule has 0 bridgehead atoms. The fourth-order valence-corrected chi connectivity index (χ4v) is 3.74. The predicted molar refractivity (Wildman–Crippen MR) is 97.5 cm³/mol. The van der Waals surface area contributed by atoms with Crippen LogP contribution in [0.3, 0.4) is 0 Å². The van der Waals surface area contributed by atoms with E-state index in [9.17, 15) is 13.2 Å². The second-order valence-electron chi connectivity index (χ2n) is 6.13. The van der Waals surface area contributed by atoms with Crippen molar-refractivity contribution in [1.82, 2.24) is 9.71 Å². The lowest BCUT2D eigenvalue weighted by Gasteiger charge is -2.11. The number of rotatable bonds is 6. The SMILES string of the molecule is Cc1cccc(NC(=O)c2ccc(S(=O)(=O)NCC3CCCO3)cc2)n1. The molecule has 2 aromatic rings. The standard InChI is InChI=1S/C18H21N3O4S/c1-13-4-2-6-17(20-13)21-18(22)14-7-9-16(10-8-14)26(23,24)19-12-15-5-3-11-25-15/h2,4,6-10,15,19H,3,5,11-12H2,1H3,(H,20,21,22). The average Bonchev–Trinajstić information content (AvgIpc) is 3.14. The molecule has 1 amide bonds. The maximum atomic E-state index is 12.3. The van der Waals surface area contributed by atoms with Crippen molar-refractivity contribution in [2.24, 2.45) is 0 Å². The summed E-state index contributed by atoms with van der Waals surface area (Å²) in [5.74, 6) is 0.101. The molecule has 3 rings (SSSR count). The van der Waals surface area contributed by atoms with Crippen molar-refractivity contribution in [1.29, 1.82) is 0 Å². The molecule has 2 heterocycles. The lowest BCUT2D eigenvalue weighted by molar-refractivity contribution is 0.102. The van der Waals surface area contributed by atoms with E-state index in [1.165, 1.54) is 24.3 Å². The highest BCUT2D eigenvalue weighted by atomic mass is 32.2. The summed E-state index contributed by atoms with van der Waals surface area (Å²) >= 11 is 0. The van der Waals surface area contributed by atoms with Gasteiger partial charge in [-0.05, 0) is 56.2 Å². The van der Waals surface area contributed by atoms with Gasteiger partial charge in [-0.25, -0.2) is 18.1 Å². The Kier molecular flexibility index (Phi) is 5.65. The average molecular weight is 375 g/mol. The van der Waals surface area contributed by atoms with Gasteiger partial charge in [-0.1, -0.05) is 6.07 Å². The molecule has 0 saturated carbocycles. The fourth-order valence-electron chi connectivity index (χ4n) is 2.68. The van der Waals surface area contributed by atoms with Gasteiger partial charge in [-0.3, -0.25) is 4.79 Å². The topological polar surface area (TPSA) is 97.4 Å². The molecule has 26 heavy (non-hydrogen) atoms. The van der Waals surface area contributed by atoms with Gasteiger partial charge in [0.25, 0.3) is 5.91 Å². The molecule has 1 atom stereocenters. The third kappa shape index (κ3) is 4.66. The first kappa shape index (κ1) is 18.5. The third-order valence-electron chi connectivity index (χ3n) is 4.08. The van der Waals surface area contributed by atoms with E-state index in [-0.39, 0.29) is 23.5 Å². The maximum absolute atomic E-state index is 12.3. The maximum Gasteiger partial charge on any atom is 0.256 e. The van der Waals surface area contributed by atoms with E-state index >= 15 is 0 Å². The summed E-state index contributed by atoms with van der Waals surface area (Å²) in [6, 6.07) is 11.1. The van der Waals surface area contributed by atoms with Crippen LogP contribution in [0, 0.1) is 6.92 Å². The van der Waals surface area contributed by atoms with Crippen molar-refractivity contribution >= 4 is 21.7 Å². The molecular weight excluding hydrogens is 354 g/mol. The summed E-state index contributed by atoms with van der Waals surface area (Å²) in [4.78, 5) is 16.6. The number of hydrogen-bond donors (Lipinski definition) is 2. The number of aromatic nitrogens is 1. The number of sulfonamides is 1. The van der Waals surface area contributed by atoms with Gasteiger partial charge < -0.3 is 10.1 Å². The minimum absolute atomic E-state index is 0.0725. The second-order valence-corrected chi connectivity index (χ2v) is 7.90. The quantitative estimate of drug-likeness (QED) is 0.806. The number of aryl methyl sites for hydroxylation is 1. The Bertz CT molecular complexity index is 876. The number of hydrogen-bond acceptors (Lipinski definition) is 5. The number of ether oxygens (including phenoxy) is 1. The molecule has 1 aromatic carbocycles. The summed E-state index contributed by atoms with van der Waals surface area (Å²) < 4.78 is 32.6. The van der Waals surface area contributed by atoms with Crippen molar-refractivity contribution in [2.75, 3.05) is 18.5 Å². The molecule has 0 radical (unpaired) electrons. The molecule has 1 fully saturated rings. The first-order valence-electron chi connectivity index (χ1n) is 8.40. The molecule has 0 spiro atoms. The molecule has 1 unspecified atom stereocenters. The Hall–Kier alpha value is -2.29. The summed E-state index contributed by atoms with van der Waals surface area (Å²) in [5, 5.41) is 2.69. The summed E-state index contributed by atoms with van der Waals surface area (Å²) in [6.07, 6.45) is 1.73. The van der Waals surface area contributed by atoms with Gasteiger partial charge in [0.05, 0.1) is 11.0 Å². The smallest absolute Gasteiger partial charge is 0.256 e. The Labute approximate surface area is 152 Å². The molecule has 1 aromatic heterocycles. The molecule has 1 saturated heterocycles. The second kappa shape index (κ2) is 7.94. The van der Waals surface area contributed by atoms with E-state index in [4.69, 9.17) is 4.74 Å². The first-order valence-corrected chi connectivity index (χ1v) is 9.89. The highest BCUT2D eigenvalue weighted by molar-refractivity contribution is 7.89. The summed E-state index contributed by atoms with van der Waals surface area (Å²) in [7, 11) is -3.63. The number of nitrogens with one attached hydrogen (secondary N) is 2. The van der Waals surface area contributed by atoms with E-state index in [1.54, 1.807) is 12.1 Å². The number of nitrogens with zero attached hydrogens (tertiary/aromatic N) is 1. The van der Waals surface area contributed by atoms with Gasteiger partial charge in [-0.2, -0.15) is 0 Å². The van der Waals surface area contributed by atoms with Crippen LogP contribution in [0.1, 0.15) is 28.9 Å². The fraction of sp³-hybridized carbons (Fsp3) is 0.333. The van der Waals surface area contributed by atoms with Crippen LogP contribution in [0.15, 0.2) is 47.4 Å². The van der Waals surface area contributed by atoms with E-state index in [0.717, 1.165) is 18.5 Å². The van der Waals surface area contributed by atoms with Gasteiger partial charge in [0, 0.05) is 24.4 Å². The zero-order chi connectivity index (χ0) is 18.6. The summed E-state index contributed by atoms with van der Waals surface area (Å²) in [5.41, 5.74) is 1.15. The Morgan fingerprint density at radius 2 is 2.00 bits per heavy atom. The van der Waals surface area contributed by atoms with Gasteiger partial charge in [0.15, 0.2) is 0 Å². The molecule has 138 valence electrons. The first-order chi connectivity index (χ1) is 12.4. The Morgan fingerprint density at radius 1 is 1.23 bits per heavy atom. The zero-order valence-corrected chi connectivity index (χ0v) is 15.3. The van der Waals surface area contributed by atoms with Crippen molar-refractivity contribution in [3.8, 4) is 0 Å². The number of pyridine rings is 1. The van der Waals surface area contributed by atoms with Crippen LogP contribution < -0.4 is 10.0 Å². The van der Waals surface area contributed by atoms with Crippen LogP contribution in [0.5, 0.6) is 0 Å². The van der Waals surface area contributed by atoms with Crippen molar-refractivity contribution in [3.63, 3.8) is 0 Å². The van der Waals surface area contributed by atoms with Crippen LogP contribution in [0.25, 0.3) is 0 Å². The number of benzene rings is 1. The minimum Gasteiger partial charge on any atom is -0.377 e. The molecule has 0 aliphatic carbocycles. The summed E-state index contributed by atoms with van der Waals surface area (Å²) in [6.45, 7) is 2.76. The van der Waals surface area contributed by atoms with Crippen LogP contribution >= 0.6 is 0 Å². The number of carbonyl (C=O) groups excluding carboxylic acids is 1. The normalized spacial score (nSPS) is 17.2. The van der Waals surface area contributed by atoms with Crippen molar-refractivity contribution in [3.05, 3.63) is 53.7 Å². The largest absolute Gasteiger partial charge is 0.377 e. The zero-order valence-electron chi connectivity index (χ0n) is 14.4. The Balaban J connectivity index is 1.64. The van der Waals surface area contributed by atoms with Crippen molar-refractivity contribution < 1.29 is 17.9 Å². The van der Waals surface area contributed by atoms with Crippen LogP contribution in [0.4, 0.5) is 5.82 Å². The molecule has 2 N–H and O–H groups in total. The van der Waals surface area contributed by atoms with E-state index in [1.807, 2.05) is 13.0 Å². The molecular formula is C18H21N3O4S. The molecule has 7 nitrogen and oxygen atoms in total. The monoisotopic (exact) mass is 375 g/mol. The highest BCUT2D eigenvalue weighted by Crippen LogP contribution is 2.15. The van der Waals surface area contributed by atoms with Gasteiger partial charge in [-0.15, -0.1) is 0 Å². The van der Waals surface area contributed by atoms with Gasteiger partial charge >= 0.3 is 0 Å². The van der Waals surface area contributed by atoms with Crippen LogP contribution in [0.2, 0.25) is 0 Å². The minimum atomic E-state index is -3.63. The number of amides is 1. The molecule has 8 heteroatoms. The molecule has 1 aliphatic heterocycles. The van der Waals surface area contributed by atoms with Crippen LogP contribution in [-0.2, 0) is 14.8 Å². The number of carbonyl (C=O) groups is 1. The van der Waals surface area contributed by atoms with E-state index in [2.05, 4.69) is 15.0 Å². The van der Waals surface area contributed by atoms with Crippen LogP contribution in [-0.4, -0.2) is 38.6 Å². The van der Waals surface area contributed by atoms with Crippen molar-refractivity contribution in [2.45, 2.75) is 30.8 Å². The number of anilines is 1. The predicted octanol–water partition coefficient (Wildman–Crippen LogP) is 2.10. The van der Waals surface area contributed by atoms with E-state index < -0.39 is 10.0 Å². The van der Waals surface area contributed by atoms with Gasteiger partial charge in [0.1, 0.15) is 5.82 Å². The van der Waals surface area contributed by atoms with E-state index in [0.29, 0.717) is 18.0 Å². The molecule has 1 aliphatic rings. The Morgan fingerprint density at radius 3 is 2.65 bits per heavy atom. The third-order valence-corrected chi connectivity index (χ3v) is 5.52. The lowest BCUT2D eigenvalue weighted by Crippen LogP contribution is -2.31. The highest BCUT2D eigenvalue weighted by Gasteiger charge is 2.20. The lowest BCUT2D eigenvalue weighted by atomic mass is 10.2.